The molecule has 2 rings (SSSR count). The second-order valence-electron chi connectivity index (χ2n) is 3.47. The van der Waals surface area contributed by atoms with Crippen molar-refractivity contribution in [1.82, 2.24) is 9.97 Å². The molecule has 0 aliphatic rings. The van der Waals surface area contributed by atoms with Crippen molar-refractivity contribution in [1.29, 1.82) is 5.26 Å². The second-order valence-corrected chi connectivity index (χ2v) is 5.54. The standard InChI is InChI=1S/C11H7ClN4O2S/c12-10-5-11(15-7-14-10)16-19(17,18)9-3-1-8(6-13)2-4-9/h1-5,7H,(H,14,15,16). The highest BCUT2D eigenvalue weighted by atomic mass is 35.5. The summed E-state index contributed by atoms with van der Waals surface area (Å²) in [5, 5.41) is 8.78. The van der Waals surface area contributed by atoms with Crippen molar-refractivity contribution in [3.05, 3.63) is 47.4 Å². The molecular formula is C11H7ClN4O2S. The fourth-order valence-corrected chi connectivity index (χ4v) is 2.44. The van der Waals surface area contributed by atoms with Gasteiger partial charge in [0, 0.05) is 6.07 Å². The maximum Gasteiger partial charge on any atom is 0.263 e. The third-order valence-corrected chi connectivity index (χ3v) is 3.74. The zero-order chi connectivity index (χ0) is 13.9. The van der Waals surface area contributed by atoms with E-state index in [0.29, 0.717) is 5.56 Å². The molecule has 1 heterocycles. The van der Waals surface area contributed by atoms with Crippen molar-refractivity contribution in [3.8, 4) is 6.07 Å². The van der Waals surface area contributed by atoms with Gasteiger partial charge in [-0.15, -0.1) is 0 Å². The van der Waals surface area contributed by atoms with E-state index in [9.17, 15) is 8.42 Å². The minimum Gasteiger partial charge on any atom is -0.263 e. The molecule has 0 bridgehead atoms. The van der Waals surface area contributed by atoms with Crippen molar-refractivity contribution in [2.24, 2.45) is 0 Å². The molecule has 0 aliphatic carbocycles. The predicted molar refractivity (Wildman–Crippen MR) is 69.0 cm³/mol. The molecule has 0 spiro atoms. The molecule has 2 aromatic rings. The van der Waals surface area contributed by atoms with E-state index < -0.39 is 10.0 Å². The van der Waals surface area contributed by atoms with Crippen LogP contribution < -0.4 is 4.72 Å². The summed E-state index contributed by atoms with van der Waals surface area (Å²) in [4.78, 5) is 7.42. The molecule has 1 aromatic heterocycles. The lowest BCUT2D eigenvalue weighted by atomic mass is 10.2. The van der Waals surface area contributed by atoms with Gasteiger partial charge in [-0.25, -0.2) is 18.4 Å². The zero-order valence-corrected chi connectivity index (χ0v) is 11.0. The topological polar surface area (TPSA) is 95.7 Å². The van der Waals surface area contributed by atoms with Crippen LogP contribution in [0.25, 0.3) is 0 Å². The Morgan fingerprint density at radius 2 is 1.89 bits per heavy atom. The van der Waals surface area contributed by atoms with Gasteiger partial charge < -0.3 is 0 Å². The first-order chi connectivity index (χ1) is 9.01. The van der Waals surface area contributed by atoms with Crippen molar-refractivity contribution >= 4 is 27.4 Å². The Morgan fingerprint density at radius 3 is 2.47 bits per heavy atom. The average molecular weight is 295 g/mol. The summed E-state index contributed by atoms with van der Waals surface area (Å²) in [7, 11) is -3.76. The van der Waals surface area contributed by atoms with E-state index in [0.717, 1.165) is 6.33 Å². The van der Waals surface area contributed by atoms with E-state index in [2.05, 4.69) is 14.7 Å². The highest BCUT2D eigenvalue weighted by molar-refractivity contribution is 7.92. The number of sulfonamides is 1. The molecule has 0 unspecified atom stereocenters. The van der Waals surface area contributed by atoms with Gasteiger partial charge in [-0.3, -0.25) is 4.72 Å². The molecule has 1 aromatic carbocycles. The molecule has 0 saturated carbocycles. The van der Waals surface area contributed by atoms with E-state index >= 15 is 0 Å². The molecule has 0 aliphatic heterocycles. The quantitative estimate of drug-likeness (QED) is 0.871. The van der Waals surface area contributed by atoms with Crippen molar-refractivity contribution in [3.63, 3.8) is 0 Å². The molecule has 0 fully saturated rings. The summed E-state index contributed by atoms with van der Waals surface area (Å²) >= 11 is 5.64. The molecule has 6 nitrogen and oxygen atoms in total. The SMILES string of the molecule is N#Cc1ccc(S(=O)(=O)Nc2cc(Cl)ncn2)cc1. The first kappa shape index (κ1) is 13.3. The molecule has 19 heavy (non-hydrogen) atoms. The number of hydrogen-bond donors (Lipinski definition) is 1. The lowest BCUT2D eigenvalue weighted by molar-refractivity contribution is 0.601. The third kappa shape index (κ3) is 3.19. The Kier molecular flexibility index (Phi) is 3.64. The normalized spacial score (nSPS) is 10.7. The number of benzene rings is 1. The predicted octanol–water partition coefficient (Wildman–Crippen LogP) is 1.80. The van der Waals surface area contributed by atoms with Crippen LogP contribution in [0.3, 0.4) is 0 Å². The number of aromatic nitrogens is 2. The van der Waals surface area contributed by atoms with Crippen LogP contribution in [0.2, 0.25) is 5.15 Å². The van der Waals surface area contributed by atoms with Gasteiger partial charge in [0.15, 0.2) is 0 Å². The number of halogens is 1. The highest BCUT2D eigenvalue weighted by Gasteiger charge is 2.14. The molecule has 0 radical (unpaired) electrons. The van der Waals surface area contributed by atoms with Crippen LogP contribution in [0, 0.1) is 11.3 Å². The van der Waals surface area contributed by atoms with E-state index in [4.69, 9.17) is 16.9 Å². The highest BCUT2D eigenvalue weighted by Crippen LogP contribution is 2.16. The van der Waals surface area contributed by atoms with Gasteiger partial charge in [-0.2, -0.15) is 5.26 Å². The maximum atomic E-state index is 12.0. The van der Waals surface area contributed by atoms with E-state index in [-0.39, 0.29) is 15.9 Å². The Hall–Kier alpha value is -2.17. The summed E-state index contributed by atoms with van der Waals surface area (Å²) in [6.45, 7) is 0. The largest absolute Gasteiger partial charge is 0.263 e. The van der Waals surface area contributed by atoms with E-state index in [1.807, 2.05) is 6.07 Å². The van der Waals surface area contributed by atoms with Gasteiger partial charge in [0.25, 0.3) is 10.0 Å². The number of rotatable bonds is 3. The smallest absolute Gasteiger partial charge is 0.263 e. The van der Waals surface area contributed by atoms with Crippen molar-refractivity contribution < 1.29 is 8.42 Å². The molecule has 8 heteroatoms. The van der Waals surface area contributed by atoms with Crippen LogP contribution in [0.15, 0.2) is 41.6 Å². The van der Waals surface area contributed by atoms with Crippen molar-refractivity contribution in [2.75, 3.05) is 4.72 Å². The van der Waals surface area contributed by atoms with Crippen LogP contribution in [-0.2, 0) is 10.0 Å². The van der Waals surface area contributed by atoms with Gasteiger partial charge in [-0.1, -0.05) is 11.6 Å². The lowest BCUT2D eigenvalue weighted by Crippen LogP contribution is -2.13. The number of anilines is 1. The molecular weight excluding hydrogens is 288 g/mol. The zero-order valence-electron chi connectivity index (χ0n) is 9.41. The van der Waals surface area contributed by atoms with Gasteiger partial charge in [0.1, 0.15) is 17.3 Å². The Balaban J connectivity index is 2.30. The fourth-order valence-electron chi connectivity index (χ4n) is 1.29. The monoisotopic (exact) mass is 294 g/mol. The average Bonchev–Trinajstić information content (AvgIpc) is 2.38. The van der Waals surface area contributed by atoms with Gasteiger partial charge in [0.2, 0.25) is 0 Å². The molecule has 0 atom stereocenters. The van der Waals surface area contributed by atoms with E-state index in [1.165, 1.54) is 30.3 Å². The summed E-state index contributed by atoms with van der Waals surface area (Å²) in [5.74, 6) is 0.0735. The third-order valence-electron chi connectivity index (χ3n) is 2.17. The van der Waals surface area contributed by atoms with Gasteiger partial charge in [-0.05, 0) is 24.3 Å². The van der Waals surface area contributed by atoms with Crippen LogP contribution in [0.4, 0.5) is 5.82 Å². The Morgan fingerprint density at radius 1 is 1.21 bits per heavy atom. The number of nitriles is 1. The van der Waals surface area contributed by atoms with Crippen LogP contribution in [-0.4, -0.2) is 18.4 Å². The van der Waals surface area contributed by atoms with Crippen molar-refractivity contribution in [2.45, 2.75) is 4.90 Å². The number of nitrogens with one attached hydrogen (secondary N) is 1. The fraction of sp³-hybridized carbons (Fsp3) is 0. The Labute approximate surface area is 114 Å². The molecule has 1 N–H and O–H groups in total. The first-order valence-corrected chi connectivity index (χ1v) is 6.88. The minimum absolute atomic E-state index is 0.0289. The van der Waals surface area contributed by atoms with Gasteiger partial charge >= 0.3 is 0 Å². The minimum atomic E-state index is -3.76. The van der Waals surface area contributed by atoms with Crippen LogP contribution in [0.5, 0.6) is 0 Å². The first-order valence-electron chi connectivity index (χ1n) is 5.02. The summed E-state index contributed by atoms with van der Waals surface area (Å²) < 4.78 is 26.3. The molecule has 0 amide bonds. The van der Waals surface area contributed by atoms with Gasteiger partial charge in [0.05, 0.1) is 16.5 Å². The summed E-state index contributed by atoms with van der Waals surface area (Å²) in [6.07, 6.45) is 1.15. The molecule has 96 valence electrons. The number of nitrogens with zero attached hydrogens (tertiary/aromatic N) is 3. The summed E-state index contributed by atoms with van der Waals surface area (Å²) in [5.41, 5.74) is 0.379. The molecule has 0 saturated heterocycles. The van der Waals surface area contributed by atoms with E-state index in [1.54, 1.807) is 0 Å². The van der Waals surface area contributed by atoms with Crippen LogP contribution in [0.1, 0.15) is 5.56 Å². The number of hydrogen-bond acceptors (Lipinski definition) is 5. The van der Waals surface area contributed by atoms with Crippen LogP contribution >= 0.6 is 11.6 Å². The second kappa shape index (κ2) is 5.22. The maximum absolute atomic E-state index is 12.0. The lowest BCUT2D eigenvalue weighted by Gasteiger charge is -2.06. The summed E-state index contributed by atoms with van der Waals surface area (Å²) in [6, 6.07) is 8.71. The Bertz CT molecular complexity index is 738.